The number of aliphatic hydroxyl groups excluding tert-OH is 1. The third kappa shape index (κ3) is 15.1. The van der Waals surface area contributed by atoms with Crippen molar-refractivity contribution in [3.05, 3.63) is 46.0 Å². The van der Waals surface area contributed by atoms with E-state index in [4.69, 9.17) is 40.9 Å². The fraction of sp³-hybridized carbons (Fsp3) is 0.660. The summed E-state index contributed by atoms with van der Waals surface area (Å²) in [6.07, 6.45) is -6.99. The molecular formula is C47H74N14O15P2Si2. The summed E-state index contributed by atoms with van der Waals surface area (Å²) in [6, 6.07) is 3.92. The van der Waals surface area contributed by atoms with Crippen LogP contribution in [0.5, 0.6) is 0 Å². The monoisotopic (exact) mass is 1190 g/mol. The summed E-state index contributed by atoms with van der Waals surface area (Å²) in [4.78, 5) is 73.2. The van der Waals surface area contributed by atoms with Crippen LogP contribution in [0.1, 0.15) is 73.3 Å². The van der Waals surface area contributed by atoms with E-state index < -0.39 is 122 Å². The lowest BCUT2D eigenvalue weighted by Crippen LogP contribution is -2.49. The maximum Gasteiger partial charge on any atom is 0.475 e. The van der Waals surface area contributed by atoms with Crippen molar-refractivity contribution in [1.29, 1.82) is 10.5 Å². The van der Waals surface area contributed by atoms with Gasteiger partial charge in [-0.1, -0.05) is 47.6 Å². The van der Waals surface area contributed by atoms with Crippen LogP contribution in [-0.2, 0) is 50.1 Å². The van der Waals surface area contributed by atoms with Gasteiger partial charge in [0.05, 0.1) is 69.8 Å². The van der Waals surface area contributed by atoms with Gasteiger partial charge in [-0.2, -0.15) is 20.5 Å². The Labute approximate surface area is 465 Å². The molecule has 0 amide bonds. The first kappa shape index (κ1) is 64.0. The molecule has 0 saturated carbocycles. The second kappa shape index (κ2) is 25.5. The molecule has 4 aromatic heterocycles. The number of hydrogen-bond acceptors (Lipinski definition) is 22. The summed E-state index contributed by atoms with van der Waals surface area (Å²) in [5.41, 5.74) is -1.45. The van der Waals surface area contributed by atoms with Gasteiger partial charge >= 0.3 is 15.6 Å². The number of aromatic amines is 2. The zero-order valence-electron chi connectivity index (χ0n) is 47.5. The van der Waals surface area contributed by atoms with Gasteiger partial charge in [0.1, 0.15) is 36.6 Å². The van der Waals surface area contributed by atoms with Crippen molar-refractivity contribution >= 4 is 79.2 Å². The van der Waals surface area contributed by atoms with E-state index in [-0.39, 0.29) is 60.1 Å². The molecule has 440 valence electrons. The first-order chi connectivity index (χ1) is 37.3. The predicted octanol–water partition coefficient (Wildman–Crippen LogP) is 6.06. The Hall–Kier alpha value is -5.19. The van der Waals surface area contributed by atoms with Crippen LogP contribution in [0.25, 0.3) is 22.3 Å². The standard InChI is InChI=1S/C47H74N14O15P2Si2/c1-16-22-68-78(67,69-23-18-21-49)74-35-30(71-43(37(35)76-80(14,15)47(5,6)7)61-28-51-32-39(61)55-45(57-41(32)64)53-26-59(10)11)24-70-77(65,66)73-29(19-17-20-48)34-33(62)36(75-79(12,13)46(2,3)4)42(72-34)60-27-50-31-38(60)54-44(56-40(31)63)52-25-58(8)9/h16,25-30,33-37,42-43,62H,1,17-19,22-24H2,2-15H3,(H,65,66)(H,54,56,63)(H,55,57,64)/t29?,30-,33-,34-,35-,36-,37-,42-,43-,78?/m1/s1. The van der Waals surface area contributed by atoms with Gasteiger partial charge in [-0.3, -0.25) is 51.3 Å². The first-order valence-corrected chi connectivity index (χ1v) is 34.3. The predicted molar refractivity (Wildman–Crippen MR) is 298 cm³/mol. The molecule has 0 aromatic carbocycles. The maximum atomic E-state index is 14.6. The van der Waals surface area contributed by atoms with Crippen molar-refractivity contribution in [3.63, 3.8) is 0 Å². The number of imidazole rings is 2. The molecule has 0 spiro atoms. The van der Waals surface area contributed by atoms with Gasteiger partial charge in [0, 0.05) is 34.6 Å². The molecule has 0 bridgehead atoms. The average molecular weight is 1190 g/mol. The SMILES string of the molecule is C=CCOP(=O)(OCCC#N)O[C@H]1[C@@H](O[Si](C)(C)C(C)(C)C)[C@H](n2cnc3c(=O)[nH]c(N=CN(C)C)nc32)O[C@@H]1COP(=O)(O)OC(CCC#N)[C@H]1O[C@@H](n2cnc3c(=O)[nH]c(N=CN(C)C)nc32)[C@H](O[Si](C)(C)C(C)(C)C)[C@@H]1O. The molecule has 3 unspecified atom stereocenters. The topological polar surface area (TPSA) is 364 Å². The van der Waals surface area contributed by atoms with Crippen LogP contribution < -0.4 is 11.1 Å². The lowest BCUT2D eigenvalue weighted by atomic mass is 10.0. The summed E-state index contributed by atoms with van der Waals surface area (Å²) in [5.74, 6) is -0.150. The number of rotatable bonds is 26. The quantitative estimate of drug-likeness (QED) is 0.0138. The van der Waals surface area contributed by atoms with Crippen LogP contribution in [-0.4, -0.2) is 179 Å². The van der Waals surface area contributed by atoms with Crippen LogP contribution in [0.2, 0.25) is 36.3 Å². The highest BCUT2D eigenvalue weighted by Gasteiger charge is 2.57. The minimum absolute atomic E-state index is 0.0181. The molecule has 2 fully saturated rings. The summed E-state index contributed by atoms with van der Waals surface area (Å²) in [7, 11) is -8.96. The normalized spacial score (nSPS) is 24.1. The molecule has 6 heterocycles. The third-order valence-electron chi connectivity index (χ3n) is 13.9. The number of phosphoric ester groups is 2. The largest absolute Gasteiger partial charge is 0.475 e. The van der Waals surface area contributed by atoms with E-state index in [1.165, 1.54) is 40.5 Å². The van der Waals surface area contributed by atoms with Gasteiger partial charge in [0.25, 0.3) is 11.1 Å². The molecule has 2 aliphatic heterocycles. The molecule has 6 rings (SSSR count). The number of aliphatic hydroxyl groups is 1. The lowest BCUT2D eigenvalue weighted by molar-refractivity contribution is -0.0879. The fourth-order valence-corrected chi connectivity index (χ4v) is 12.7. The fourth-order valence-electron chi connectivity index (χ4n) is 7.80. The molecule has 4 N–H and O–H groups in total. The summed E-state index contributed by atoms with van der Waals surface area (Å²) in [6.45, 7) is 21.7. The highest BCUT2D eigenvalue weighted by atomic mass is 31.2. The molecule has 0 radical (unpaired) electrons. The van der Waals surface area contributed by atoms with Gasteiger partial charge in [-0.25, -0.2) is 29.1 Å². The van der Waals surface area contributed by atoms with Crippen molar-refractivity contribution in [3.8, 4) is 12.1 Å². The van der Waals surface area contributed by atoms with Crippen LogP contribution >= 0.6 is 15.6 Å². The van der Waals surface area contributed by atoms with E-state index in [0.717, 1.165) is 0 Å². The van der Waals surface area contributed by atoms with E-state index >= 15 is 0 Å². The summed E-state index contributed by atoms with van der Waals surface area (Å²) < 4.78 is 88.4. The molecule has 80 heavy (non-hydrogen) atoms. The van der Waals surface area contributed by atoms with Crippen LogP contribution in [0.4, 0.5) is 11.9 Å². The highest BCUT2D eigenvalue weighted by molar-refractivity contribution is 7.48. The molecule has 2 aliphatic rings. The van der Waals surface area contributed by atoms with Crippen molar-refractivity contribution in [2.24, 2.45) is 9.98 Å². The van der Waals surface area contributed by atoms with E-state index in [1.54, 1.807) is 38.0 Å². The van der Waals surface area contributed by atoms with Crippen LogP contribution in [0.3, 0.4) is 0 Å². The minimum atomic E-state index is -5.38. The number of nitrogens with one attached hydrogen (secondary N) is 2. The van der Waals surface area contributed by atoms with E-state index in [0.29, 0.717) is 0 Å². The summed E-state index contributed by atoms with van der Waals surface area (Å²) >= 11 is 0. The van der Waals surface area contributed by atoms with E-state index in [1.807, 2.05) is 79.9 Å². The van der Waals surface area contributed by atoms with E-state index in [2.05, 4.69) is 46.5 Å². The van der Waals surface area contributed by atoms with Crippen molar-refractivity contribution < 1.29 is 60.1 Å². The first-order valence-electron chi connectivity index (χ1n) is 25.5. The van der Waals surface area contributed by atoms with Gasteiger partial charge in [0.2, 0.25) is 11.9 Å². The second-order valence-corrected chi connectivity index (χ2v) is 35.1. The maximum absolute atomic E-state index is 14.6. The second-order valence-electron chi connectivity index (χ2n) is 22.5. The van der Waals surface area contributed by atoms with Crippen LogP contribution in [0.15, 0.2) is 44.9 Å². The Morgan fingerprint density at radius 1 is 0.812 bits per heavy atom. The number of nitriles is 2. The molecular weight excluding hydrogens is 1120 g/mol. The summed E-state index contributed by atoms with van der Waals surface area (Å²) in [5, 5.41) is 30.7. The lowest BCUT2D eigenvalue weighted by Gasteiger charge is -2.40. The molecule has 0 aliphatic carbocycles. The van der Waals surface area contributed by atoms with Crippen molar-refractivity contribution in [2.45, 2.75) is 152 Å². The number of H-pyrrole nitrogens is 2. The molecule has 29 nitrogen and oxygen atoms in total. The number of fused-ring (bicyclic) bond motifs is 2. The van der Waals surface area contributed by atoms with Gasteiger partial charge in [0.15, 0.2) is 51.4 Å². The highest BCUT2D eigenvalue weighted by Crippen LogP contribution is 2.56. The Bertz CT molecular complexity index is 3190. The number of aromatic nitrogens is 8. The molecule has 11 atom stereocenters. The zero-order valence-corrected chi connectivity index (χ0v) is 51.3. The minimum Gasteiger partial charge on any atom is -0.407 e. The van der Waals surface area contributed by atoms with Crippen molar-refractivity contribution in [2.75, 3.05) is 48.0 Å². The van der Waals surface area contributed by atoms with Crippen molar-refractivity contribution in [1.82, 2.24) is 48.8 Å². The average Bonchev–Trinajstić information content (AvgIpc) is 4.19. The zero-order chi connectivity index (χ0) is 59.3. The third-order valence-corrected chi connectivity index (χ3v) is 25.3. The Morgan fingerprint density at radius 2 is 1.31 bits per heavy atom. The van der Waals surface area contributed by atoms with Gasteiger partial charge in [-0.05, 0) is 42.7 Å². The number of phosphoric acid groups is 2. The smallest absolute Gasteiger partial charge is 0.407 e. The van der Waals surface area contributed by atoms with Gasteiger partial charge < -0.3 is 38.1 Å². The Balaban J connectivity index is 1.42. The van der Waals surface area contributed by atoms with E-state index in [9.17, 15) is 39.2 Å². The van der Waals surface area contributed by atoms with Crippen LogP contribution in [0, 0.1) is 22.7 Å². The number of ether oxygens (including phenoxy) is 2. The molecule has 2 saturated heterocycles. The number of nitrogens with zero attached hydrogens (tertiary/aromatic N) is 12. The Morgan fingerprint density at radius 3 is 1.79 bits per heavy atom. The van der Waals surface area contributed by atoms with Gasteiger partial charge in [-0.15, -0.1) is 6.58 Å². The Kier molecular flexibility index (Phi) is 20.4. The molecule has 4 aromatic rings. The molecule has 33 heteroatoms. The number of aliphatic imine (C=N–C) groups is 2. The number of hydrogen-bond donors (Lipinski definition) is 4.